The highest BCUT2D eigenvalue weighted by Gasteiger charge is 2.26. The number of rotatable bonds is 38. The highest BCUT2D eigenvalue weighted by molar-refractivity contribution is 5.99. The van der Waals surface area contributed by atoms with Crippen LogP contribution >= 0.6 is 0 Å². The smallest absolute Gasteiger partial charge is 0.328 e. The van der Waals surface area contributed by atoms with Crippen molar-refractivity contribution in [2.75, 3.05) is 26.3 Å². The molecule has 0 aromatic rings. The zero-order chi connectivity index (χ0) is 40.8. The van der Waals surface area contributed by atoms with Gasteiger partial charge in [0.25, 0.3) is 0 Å². The van der Waals surface area contributed by atoms with Gasteiger partial charge in [0.15, 0.2) is 0 Å². The molecule has 320 valence electrons. The number of unbranched alkanes of at least 4 members (excludes halogenated alkanes) is 18. The van der Waals surface area contributed by atoms with E-state index in [-0.39, 0.29) is 25.0 Å². The van der Waals surface area contributed by atoms with Crippen molar-refractivity contribution in [2.24, 2.45) is 0 Å². The van der Waals surface area contributed by atoms with E-state index in [9.17, 15) is 28.8 Å². The van der Waals surface area contributed by atoms with Crippen LogP contribution in [0.5, 0.6) is 0 Å². The molecule has 0 aromatic heterocycles. The van der Waals surface area contributed by atoms with E-state index in [0.29, 0.717) is 64.5 Å². The predicted molar refractivity (Wildman–Crippen MR) is 219 cm³/mol. The molecule has 0 aromatic carbocycles. The zero-order valence-corrected chi connectivity index (χ0v) is 35.3. The van der Waals surface area contributed by atoms with Crippen molar-refractivity contribution in [2.45, 2.75) is 213 Å². The number of carbonyl (C=O) groups is 6. The van der Waals surface area contributed by atoms with E-state index in [4.69, 9.17) is 9.47 Å². The molecular formula is C43H80N4O8. The van der Waals surface area contributed by atoms with Gasteiger partial charge in [-0.1, -0.05) is 117 Å². The molecule has 55 heavy (non-hydrogen) atoms. The van der Waals surface area contributed by atoms with Crippen LogP contribution in [-0.4, -0.2) is 74.0 Å². The van der Waals surface area contributed by atoms with Crippen LogP contribution in [0.3, 0.4) is 0 Å². The Balaban J connectivity index is 4.47. The first-order valence-corrected chi connectivity index (χ1v) is 22.1. The number of amides is 4. The molecule has 0 aliphatic heterocycles. The van der Waals surface area contributed by atoms with Gasteiger partial charge in [-0.2, -0.15) is 0 Å². The number of hydrogen-bond donors (Lipinski definition) is 4. The van der Waals surface area contributed by atoms with Gasteiger partial charge in [-0.25, -0.2) is 9.59 Å². The molecule has 0 bridgehead atoms. The minimum Gasteiger partial charge on any atom is -0.464 e. The molecule has 0 spiro atoms. The first-order valence-electron chi connectivity index (χ1n) is 22.1. The van der Waals surface area contributed by atoms with Gasteiger partial charge in [0, 0.05) is 25.9 Å². The van der Waals surface area contributed by atoms with Crippen LogP contribution in [0.4, 0.5) is 0 Å². The third kappa shape index (κ3) is 32.7. The van der Waals surface area contributed by atoms with Crippen LogP contribution in [-0.2, 0) is 38.2 Å². The van der Waals surface area contributed by atoms with E-state index in [1.165, 1.54) is 77.0 Å². The standard InChI is InChI=1S/C43H80N4O8/c1-5-9-11-13-15-17-19-21-23-31-38(48)44-33-27-25-29-36(42(52)54-7-3)46-40(50)35-41(51)47-37(43(53)55-8-4)30-26-28-34-45-39(49)32-24-22-20-18-16-14-12-10-6-2/h36-37H,5-35H2,1-4H3,(H,44,48)(H,45,49)(H,46,50)(H,47,51)/t36-,37-/m0/s1. The number of carbonyl (C=O) groups excluding carboxylic acids is 6. The second kappa shape index (κ2) is 37.7. The summed E-state index contributed by atoms with van der Waals surface area (Å²) in [6.45, 7) is 9.03. The van der Waals surface area contributed by atoms with Crippen molar-refractivity contribution < 1.29 is 38.2 Å². The lowest BCUT2D eigenvalue weighted by atomic mass is 10.1. The molecule has 0 saturated carbocycles. The first-order chi connectivity index (χ1) is 26.7. The van der Waals surface area contributed by atoms with Gasteiger partial charge < -0.3 is 30.7 Å². The molecule has 4 N–H and O–H groups in total. The third-order valence-electron chi connectivity index (χ3n) is 9.63. The first kappa shape index (κ1) is 51.8. The molecule has 0 fully saturated rings. The third-order valence-corrected chi connectivity index (χ3v) is 9.63. The fraction of sp³-hybridized carbons (Fsp3) is 0.860. The van der Waals surface area contributed by atoms with Crippen LogP contribution < -0.4 is 21.3 Å². The molecule has 12 heteroatoms. The van der Waals surface area contributed by atoms with Crippen molar-refractivity contribution in [1.29, 1.82) is 0 Å². The Morgan fingerprint density at radius 1 is 0.400 bits per heavy atom. The Morgan fingerprint density at radius 2 is 0.727 bits per heavy atom. The zero-order valence-electron chi connectivity index (χ0n) is 35.3. The molecule has 4 amide bonds. The second-order valence-electron chi connectivity index (χ2n) is 14.8. The predicted octanol–water partition coefficient (Wildman–Crippen LogP) is 7.89. The van der Waals surface area contributed by atoms with Gasteiger partial charge in [-0.3, -0.25) is 19.2 Å². The van der Waals surface area contributed by atoms with E-state index in [1.54, 1.807) is 13.8 Å². The molecule has 12 nitrogen and oxygen atoms in total. The summed E-state index contributed by atoms with van der Waals surface area (Å²) in [6, 6.07) is -1.87. The number of esters is 2. The molecule has 0 aliphatic carbocycles. The Hall–Kier alpha value is -3.18. The average molecular weight is 781 g/mol. The van der Waals surface area contributed by atoms with E-state index in [0.717, 1.165) is 38.5 Å². The van der Waals surface area contributed by atoms with Crippen LogP contribution in [0.15, 0.2) is 0 Å². The summed E-state index contributed by atoms with van der Waals surface area (Å²) < 4.78 is 10.3. The Labute approximate surface area is 333 Å². The summed E-state index contributed by atoms with van der Waals surface area (Å²) in [5, 5.41) is 11.1. The van der Waals surface area contributed by atoms with Gasteiger partial charge in [-0.15, -0.1) is 0 Å². The Bertz CT molecular complexity index is 947. The quantitative estimate of drug-likeness (QED) is 0.0279. The lowest BCUT2D eigenvalue weighted by Crippen LogP contribution is -2.46. The largest absolute Gasteiger partial charge is 0.464 e. The van der Waals surface area contributed by atoms with Crippen LogP contribution in [0.2, 0.25) is 0 Å². The molecule has 0 radical (unpaired) electrons. The van der Waals surface area contributed by atoms with E-state index < -0.39 is 42.3 Å². The molecule has 0 unspecified atom stereocenters. The van der Waals surface area contributed by atoms with Gasteiger partial charge in [0.05, 0.1) is 13.2 Å². The van der Waals surface area contributed by atoms with Gasteiger partial charge in [0.2, 0.25) is 23.6 Å². The second-order valence-corrected chi connectivity index (χ2v) is 14.8. The van der Waals surface area contributed by atoms with Gasteiger partial charge in [-0.05, 0) is 65.2 Å². The molecule has 0 saturated heterocycles. The number of ether oxygens (including phenoxy) is 2. The van der Waals surface area contributed by atoms with E-state index in [2.05, 4.69) is 35.1 Å². The maximum atomic E-state index is 12.8. The highest BCUT2D eigenvalue weighted by atomic mass is 16.5. The summed E-state index contributed by atoms with van der Waals surface area (Å²) in [4.78, 5) is 75.2. The summed E-state index contributed by atoms with van der Waals surface area (Å²) in [5.41, 5.74) is 0. The highest BCUT2D eigenvalue weighted by Crippen LogP contribution is 2.12. The molecule has 2 atom stereocenters. The average Bonchev–Trinajstić information content (AvgIpc) is 3.15. The molecule has 0 heterocycles. The fourth-order valence-corrected chi connectivity index (χ4v) is 6.39. The minimum atomic E-state index is -0.936. The SMILES string of the molecule is CCCCCCCCCCCC(=O)NCCCC[C@H](NC(=O)CC(=O)N[C@@H](CCCCNC(=O)CCCCCCCCCCC)C(=O)OCC)C(=O)OCC. The van der Waals surface area contributed by atoms with Crippen LogP contribution in [0.25, 0.3) is 0 Å². The van der Waals surface area contributed by atoms with Gasteiger partial charge in [0.1, 0.15) is 18.5 Å². The lowest BCUT2D eigenvalue weighted by Gasteiger charge is -2.19. The summed E-state index contributed by atoms with van der Waals surface area (Å²) in [7, 11) is 0. The molecule has 0 rings (SSSR count). The topological polar surface area (TPSA) is 169 Å². The summed E-state index contributed by atoms with van der Waals surface area (Å²) in [6.07, 6.45) is 24.9. The van der Waals surface area contributed by atoms with Crippen LogP contribution in [0.1, 0.15) is 201 Å². The van der Waals surface area contributed by atoms with Crippen molar-refractivity contribution in [1.82, 2.24) is 21.3 Å². The van der Waals surface area contributed by atoms with Gasteiger partial charge >= 0.3 is 11.9 Å². The summed E-state index contributed by atoms with van der Waals surface area (Å²) >= 11 is 0. The normalized spacial score (nSPS) is 12.0. The summed E-state index contributed by atoms with van der Waals surface area (Å²) in [5.74, 6) is -2.46. The van der Waals surface area contributed by atoms with Crippen molar-refractivity contribution in [3.8, 4) is 0 Å². The molecular weight excluding hydrogens is 700 g/mol. The Morgan fingerprint density at radius 3 is 1.05 bits per heavy atom. The maximum Gasteiger partial charge on any atom is 0.328 e. The minimum absolute atomic E-state index is 0.0247. The van der Waals surface area contributed by atoms with E-state index in [1.807, 2.05) is 0 Å². The van der Waals surface area contributed by atoms with E-state index >= 15 is 0 Å². The maximum absolute atomic E-state index is 12.8. The number of hydrogen-bond acceptors (Lipinski definition) is 8. The fourth-order valence-electron chi connectivity index (χ4n) is 6.39. The van der Waals surface area contributed by atoms with Crippen molar-refractivity contribution >= 4 is 35.6 Å². The molecule has 0 aliphatic rings. The number of nitrogens with one attached hydrogen (secondary N) is 4. The monoisotopic (exact) mass is 781 g/mol. The van der Waals surface area contributed by atoms with Crippen molar-refractivity contribution in [3.05, 3.63) is 0 Å². The Kier molecular flexibility index (Phi) is 35.5. The lowest BCUT2D eigenvalue weighted by molar-refractivity contribution is -0.148. The van der Waals surface area contributed by atoms with Crippen molar-refractivity contribution in [3.63, 3.8) is 0 Å². The van der Waals surface area contributed by atoms with Crippen LogP contribution in [0, 0.1) is 0 Å².